The molecule has 0 fully saturated rings. The van der Waals surface area contributed by atoms with Gasteiger partial charge in [0.15, 0.2) is 0 Å². The molecule has 0 radical (unpaired) electrons. The van der Waals surface area contributed by atoms with Gasteiger partial charge in [0.05, 0.1) is 11.6 Å². The SMILES string of the molecule is CC(C)OC(=O)N(C)C(C)(C)CN. The van der Waals surface area contributed by atoms with Gasteiger partial charge in [0.25, 0.3) is 0 Å². The van der Waals surface area contributed by atoms with Crippen molar-refractivity contribution in [2.75, 3.05) is 13.6 Å². The third-order valence-electron chi connectivity index (χ3n) is 2.02. The summed E-state index contributed by atoms with van der Waals surface area (Å²) in [5, 5.41) is 0. The Bertz CT molecular complexity index is 178. The maximum atomic E-state index is 11.4. The molecule has 0 saturated heterocycles. The third kappa shape index (κ3) is 3.63. The normalized spacial score (nSPS) is 11.6. The molecule has 0 aliphatic heterocycles. The van der Waals surface area contributed by atoms with Crippen molar-refractivity contribution in [3.8, 4) is 0 Å². The zero-order chi connectivity index (χ0) is 10.6. The van der Waals surface area contributed by atoms with E-state index < -0.39 is 0 Å². The van der Waals surface area contributed by atoms with E-state index in [1.165, 1.54) is 4.90 Å². The van der Waals surface area contributed by atoms with Crippen LogP contribution in [0.3, 0.4) is 0 Å². The highest BCUT2D eigenvalue weighted by Gasteiger charge is 2.27. The summed E-state index contributed by atoms with van der Waals surface area (Å²) < 4.78 is 5.03. The fraction of sp³-hybridized carbons (Fsp3) is 0.889. The molecule has 78 valence electrons. The smallest absolute Gasteiger partial charge is 0.410 e. The van der Waals surface area contributed by atoms with Crippen LogP contribution in [0.2, 0.25) is 0 Å². The molecule has 4 heteroatoms. The van der Waals surface area contributed by atoms with E-state index in [2.05, 4.69) is 0 Å². The van der Waals surface area contributed by atoms with Crippen LogP contribution in [0.1, 0.15) is 27.7 Å². The number of likely N-dealkylation sites (N-methyl/N-ethyl adjacent to an activating group) is 1. The molecular formula is C9H20N2O2. The van der Waals surface area contributed by atoms with Gasteiger partial charge in [0, 0.05) is 13.6 Å². The van der Waals surface area contributed by atoms with Gasteiger partial charge < -0.3 is 15.4 Å². The Hall–Kier alpha value is -0.770. The molecule has 13 heavy (non-hydrogen) atoms. The molecule has 0 aliphatic carbocycles. The van der Waals surface area contributed by atoms with E-state index >= 15 is 0 Å². The molecule has 0 bridgehead atoms. The van der Waals surface area contributed by atoms with E-state index in [4.69, 9.17) is 10.5 Å². The molecule has 0 aromatic carbocycles. The van der Waals surface area contributed by atoms with Crippen LogP contribution in [0.5, 0.6) is 0 Å². The second-order valence-corrected chi connectivity index (χ2v) is 4.01. The first kappa shape index (κ1) is 12.2. The second kappa shape index (κ2) is 4.46. The van der Waals surface area contributed by atoms with E-state index in [0.29, 0.717) is 6.54 Å². The van der Waals surface area contributed by atoms with E-state index in [-0.39, 0.29) is 17.7 Å². The quantitative estimate of drug-likeness (QED) is 0.724. The zero-order valence-corrected chi connectivity index (χ0v) is 9.13. The number of carbonyl (C=O) groups is 1. The van der Waals surface area contributed by atoms with Gasteiger partial charge in [-0.15, -0.1) is 0 Å². The van der Waals surface area contributed by atoms with Crippen LogP contribution >= 0.6 is 0 Å². The topological polar surface area (TPSA) is 55.6 Å². The summed E-state index contributed by atoms with van der Waals surface area (Å²) in [6, 6.07) is 0. The highest BCUT2D eigenvalue weighted by molar-refractivity contribution is 5.68. The van der Waals surface area contributed by atoms with Gasteiger partial charge in [-0.05, 0) is 27.7 Å². The molecule has 0 rings (SSSR count). The fourth-order valence-corrected chi connectivity index (χ4v) is 0.665. The summed E-state index contributed by atoms with van der Waals surface area (Å²) in [7, 11) is 1.69. The summed E-state index contributed by atoms with van der Waals surface area (Å²) in [5.41, 5.74) is 5.17. The van der Waals surface area contributed by atoms with Crippen molar-refractivity contribution in [1.29, 1.82) is 0 Å². The van der Waals surface area contributed by atoms with Crippen molar-refractivity contribution in [1.82, 2.24) is 4.90 Å². The van der Waals surface area contributed by atoms with Crippen molar-refractivity contribution < 1.29 is 9.53 Å². The predicted molar refractivity (Wildman–Crippen MR) is 52.5 cm³/mol. The molecule has 1 amide bonds. The lowest BCUT2D eigenvalue weighted by molar-refractivity contribution is 0.0570. The van der Waals surface area contributed by atoms with Crippen LogP contribution in [0.15, 0.2) is 0 Å². The molecule has 0 aliphatic rings. The van der Waals surface area contributed by atoms with Crippen LogP contribution in [0.25, 0.3) is 0 Å². The average Bonchev–Trinajstić information content (AvgIpc) is 2.01. The monoisotopic (exact) mass is 188 g/mol. The van der Waals surface area contributed by atoms with E-state index in [1.807, 2.05) is 27.7 Å². The van der Waals surface area contributed by atoms with Gasteiger partial charge in [-0.3, -0.25) is 0 Å². The maximum Gasteiger partial charge on any atom is 0.410 e. The number of hydrogen-bond acceptors (Lipinski definition) is 3. The van der Waals surface area contributed by atoms with Gasteiger partial charge in [-0.1, -0.05) is 0 Å². The number of amides is 1. The van der Waals surface area contributed by atoms with Crippen molar-refractivity contribution in [3.05, 3.63) is 0 Å². The van der Waals surface area contributed by atoms with Crippen LogP contribution in [0.4, 0.5) is 4.79 Å². The largest absolute Gasteiger partial charge is 0.447 e. The van der Waals surface area contributed by atoms with Crippen molar-refractivity contribution in [3.63, 3.8) is 0 Å². The molecule has 0 aromatic heterocycles. The average molecular weight is 188 g/mol. The number of hydrogen-bond donors (Lipinski definition) is 1. The summed E-state index contributed by atoms with van der Waals surface area (Å²) in [5.74, 6) is 0. The van der Waals surface area contributed by atoms with Crippen LogP contribution in [-0.4, -0.2) is 36.2 Å². The number of ether oxygens (including phenoxy) is 1. The number of rotatable bonds is 3. The first-order valence-corrected chi connectivity index (χ1v) is 4.45. The standard InChI is InChI=1S/C9H20N2O2/c1-7(2)13-8(12)11(5)9(3,4)6-10/h7H,6,10H2,1-5H3. The molecule has 0 atom stereocenters. The molecule has 2 N–H and O–H groups in total. The molecule has 0 aromatic rings. The highest BCUT2D eigenvalue weighted by atomic mass is 16.6. The molecule has 0 spiro atoms. The second-order valence-electron chi connectivity index (χ2n) is 4.01. The Morgan fingerprint density at radius 3 is 2.31 bits per heavy atom. The van der Waals surface area contributed by atoms with E-state index in [0.717, 1.165) is 0 Å². The minimum Gasteiger partial charge on any atom is -0.447 e. The Morgan fingerprint density at radius 1 is 1.54 bits per heavy atom. The molecule has 0 heterocycles. The van der Waals surface area contributed by atoms with E-state index in [1.54, 1.807) is 7.05 Å². The van der Waals surface area contributed by atoms with Crippen LogP contribution in [0, 0.1) is 0 Å². The first-order valence-electron chi connectivity index (χ1n) is 4.45. The van der Waals surface area contributed by atoms with E-state index in [9.17, 15) is 4.79 Å². The van der Waals surface area contributed by atoms with Crippen molar-refractivity contribution in [2.45, 2.75) is 39.3 Å². The Morgan fingerprint density at radius 2 is 2.00 bits per heavy atom. The number of carbonyl (C=O) groups excluding carboxylic acids is 1. The lowest BCUT2D eigenvalue weighted by Gasteiger charge is -2.34. The third-order valence-corrected chi connectivity index (χ3v) is 2.02. The summed E-state index contributed by atoms with van der Waals surface area (Å²) in [6.07, 6.45) is -0.422. The van der Waals surface area contributed by atoms with Gasteiger partial charge in [-0.25, -0.2) is 4.79 Å². The first-order chi connectivity index (χ1) is 5.81. The van der Waals surface area contributed by atoms with Gasteiger partial charge in [-0.2, -0.15) is 0 Å². The highest BCUT2D eigenvalue weighted by Crippen LogP contribution is 2.11. The Labute approximate surface area is 80.0 Å². The number of nitrogens with zero attached hydrogens (tertiary/aromatic N) is 1. The minimum atomic E-state index is -0.355. The zero-order valence-electron chi connectivity index (χ0n) is 9.13. The number of nitrogens with two attached hydrogens (primary N) is 1. The summed E-state index contributed by atoms with van der Waals surface area (Å²) in [6.45, 7) is 7.85. The molecule has 0 unspecified atom stereocenters. The Kier molecular flexibility index (Phi) is 4.20. The summed E-state index contributed by atoms with van der Waals surface area (Å²) >= 11 is 0. The van der Waals surface area contributed by atoms with Gasteiger partial charge in [0.2, 0.25) is 0 Å². The van der Waals surface area contributed by atoms with Crippen LogP contribution in [-0.2, 0) is 4.74 Å². The van der Waals surface area contributed by atoms with Crippen molar-refractivity contribution >= 4 is 6.09 Å². The predicted octanol–water partition coefficient (Wildman–Crippen LogP) is 1.20. The minimum absolute atomic E-state index is 0.0940. The van der Waals surface area contributed by atoms with Gasteiger partial charge >= 0.3 is 6.09 Å². The van der Waals surface area contributed by atoms with Crippen molar-refractivity contribution in [2.24, 2.45) is 5.73 Å². The Balaban J connectivity index is 4.25. The summed E-state index contributed by atoms with van der Waals surface area (Å²) in [4.78, 5) is 12.9. The lowest BCUT2D eigenvalue weighted by atomic mass is 10.1. The lowest BCUT2D eigenvalue weighted by Crippen LogP contribution is -2.50. The fourth-order valence-electron chi connectivity index (χ4n) is 0.665. The molecule has 4 nitrogen and oxygen atoms in total. The molecular weight excluding hydrogens is 168 g/mol. The maximum absolute atomic E-state index is 11.4. The van der Waals surface area contributed by atoms with Crippen LogP contribution < -0.4 is 5.73 Å². The van der Waals surface area contributed by atoms with Gasteiger partial charge in [0.1, 0.15) is 0 Å². The molecule has 0 saturated carbocycles.